The molecule has 2 aliphatic rings. The molecule has 30 heavy (non-hydrogen) atoms. The number of hydrogen-bond acceptors (Lipinski definition) is 4. The van der Waals surface area contributed by atoms with Crippen LogP contribution < -0.4 is 10.6 Å². The van der Waals surface area contributed by atoms with Gasteiger partial charge < -0.3 is 20.0 Å². The van der Waals surface area contributed by atoms with E-state index in [0.29, 0.717) is 12.5 Å². The van der Waals surface area contributed by atoms with Crippen LogP contribution in [0.1, 0.15) is 56.7 Å². The van der Waals surface area contributed by atoms with Crippen LogP contribution in [0, 0.1) is 5.92 Å². The lowest BCUT2D eigenvalue weighted by Crippen LogP contribution is -2.44. The maximum atomic E-state index is 12.0. The van der Waals surface area contributed by atoms with Gasteiger partial charge in [0.15, 0.2) is 5.96 Å². The lowest BCUT2D eigenvalue weighted by Gasteiger charge is -2.27. The van der Waals surface area contributed by atoms with E-state index in [1.165, 1.54) is 44.9 Å². The third-order valence-electron chi connectivity index (χ3n) is 6.07. The molecular formula is C22H38IN5O2. The zero-order chi connectivity index (χ0) is 20.5. The number of nitrogens with zero attached hydrogens (tertiary/aromatic N) is 3. The van der Waals surface area contributed by atoms with E-state index in [4.69, 9.17) is 4.42 Å². The number of aliphatic imine (C=N–C) groups is 1. The second-order valence-corrected chi connectivity index (χ2v) is 8.49. The molecule has 2 heterocycles. The number of nitrogens with one attached hydrogen (secondary N) is 2. The van der Waals surface area contributed by atoms with Crippen molar-refractivity contribution in [3.8, 4) is 0 Å². The summed E-state index contributed by atoms with van der Waals surface area (Å²) in [6.07, 6.45) is 10.8. The average Bonchev–Trinajstić information content (AvgIpc) is 3.45. The summed E-state index contributed by atoms with van der Waals surface area (Å²) in [5, 5.41) is 6.98. The summed E-state index contributed by atoms with van der Waals surface area (Å²) in [6.45, 7) is 3.96. The van der Waals surface area contributed by atoms with Crippen molar-refractivity contribution in [3.63, 3.8) is 0 Å². The first-order valence-corrected chi connectivity index (χ1v) is 11.1. The number of carbonyl (C=O) groups is 1. The van der Waals surface area contributed by atoms with Gasteiger partial charge in [-0.15, -0.1) is 24.0 Å². The topological polar surface area (TPSA) is 73.1 Å². The number of furan rings is 1. The molecule has 0 aromatic carbocycles. The highest BCUT2D eigenvalue weighted by atomic mass is 127. The second-order valence-electron chi connectivity index (χ2n) is 8.49. The number of hydrogen-bond donors (Lipinski definition) is 2. The van der Waals surface area contributed by atoms with Gasteiger partial charge in [0.05, 0.1) is 12.3 Å². The van der Waals surface area contributed by atoms with E-state index in [1.54, 1.807) is 25.3 Å². The van der Waals surface area contributed by atoms with E-state index in [9.17, 15) is 4.79 Å². The minimum atomic E-state index is 0. The average molecular weight is 531 g/mol. The summed E-state index contributed by atoms with van der Waals surface area (Å²) in [5.41, 5.74) is 0. The van der Waals surface area contributed by atoms with Crippen molar-refractivity contribution in [2.45, 2.75) is 51.0 Å². The van der Waals surface area contributed by atoms with E-state index in [-0.39, 0.29) is 42.5 Å². The molecule has 1 unspecified atom stereocenters. The zero-order valence-corrected chi connectivity index (χ0v) is 20.8. The van der Waals surface area contributed by atoms with Crippen LogP contribution >= 0.6 is 24.0 Å². The number of likely N-dealkylation sites (tertiary alicyclic amines) is 1. The second kappa shape index (κ2) is 13.2. The minimum absolute atomic E-state index is 0. The molecule has 7 nitrogen and oxygen atoms in total. The van der Waals surface area contributed by atoms with Gasteiger partial charge in [0.2, 0.25) is 5.91 Å². The fourth-order valence-electron chi connectivity index (χ4n) is 4.23. The van der Waals surface area contributed by atoms with Crippen LogP contribution in [-0.4, -0.2) is 68.5 Å². The lowest BCUT2D eigenvalue weighted by atomic mass is 9.89. The number of halogens is 1. The van der Waals surface area contributed by atoms with Gasteiger partial charge in [0, 0.05) is 27.2 Å². The summed E-state index contributed by atoms with van der Waals surface area (Å²) >= 11 is 0. The molecule has 170 valence electrons. The molecule has 0 bridgehead atoms. The van der Waals surface area contributed by atoms with Crippen molar-refractivity contribution >= 4 is 35.8 Å². The highest BCUT2D eigenvalue weighted by Crippen LogP contribution is 2.25. The van der Waals surface area contributed by atoms with Crippen LogP contribution in [0.5, 0.6) is 0 Å². The molecule has 0 radical (unpaired) electrons. The lowest BCUT2D eigenvalue weighted by molar-refractivity contribution is -0.127. The highest BCUT2D eigenvalue weighted by molar-refractivity contribution is 14.0. The predicted molar refractivity (Wildman–Crippen MR) is 131 cm³/mol. The fourth-order valence-corrected chi connectivity index (χ4v) is 4.23. The number of rotatable bonds is 8. The summed E-state index contributed by atoms with van der Waals surface area (Å²) in [4.78, 5) is 20.6. The SMILES string of the molecule is CN(C)C(=O)CN=C(NCC1CCCCC1)NCC(c1ccco1)N1CCCC1.I. The number of amides is 1. The molecule has 1 atom stereocenters. The van der Waals surface area contributed by atoms with Crippen LogP contribution in [0.4, 0.5) is 0 Å². The van der Waals surface area contributed by atoms with Crippen molar-refractivity contribution in [2.24, 2.45) is 10.9 Å². The number of guanidine groups is 1. The van der Waals surface area contributed by atoms with Gasteiger partial charge >= 0.3 is 0 Å². The molecule has 0 spiro atoms. The fraction of sp³-hybridized carbons (Fsp3) is 0.727. The van der Waals surface area contributed by atoms with Crippen molar-refractivity contribution in [2.75, 3.05) is 46.8 Å². The first-order chi connectivity index (χ1) is 14.1. The van der Waals surface area contributed by atoms with Gasteiger partial charge in [-0.25, -0.2) is 4.99 Å². The molecule has 1 aromatic rings. The zero-order valence-electron chi connectivity index (χ0n) is 18.4. The van der Waals surface area contributed by atoms with Gasteiger partial charge in [0.25, 0.3) is 0 Å². The normalized spacial score (nSPS) is 19.2. The Labute approximate surface area is 198 Å². The molecule has 1 aromatic heterocycles. The summed E-state index contributed by atoms with van der Waals surface area (Å²) in [6, 6.07) is 4.18. The predicted octanol–water partition coefficient (Wildman–Crippen LogP) is 3.24. The van der Waals surface area contributed by atoms with E-state index < -0.39 is 0 Å². The summed E-state index contributed by atoms with van der Waals surface area (Å²) in [5.74, 6) is 2.41. The Morgan fingerprint density at radius 1 is 1.20 bits per heavy atom. The first-order valence-electron chi connectivity index (χ1n) is 11.1. The Bertz CT molecular complexity index is 638. The molecule has 1 saturated carbocycles. The molecule has 2 N–H and O–H groups in total. The molecule has 2 fully saturated rings. The van der Waals surface area contributed by atoms with Crippen molar-refractivity contribution in [1.82, 2.24) is 20.4 Å². The summed E-state index contributed by atoms with van der Waals surface area (Å²) < 4.78 is 5.72. The van der Waals surface area contributed by atoms with Crippen molar-refractivity contribution < 1.29 is 9.21 Å². The Balaban J connectivity index is 0.00000320. The standard InChI is InChI=1S/C22H37N5O2.HI/c1-26(2)21(28)17-25-22(23-15-18-9-4-3-5-10-18)24-16-19(20-11-8-14-29-20)27-12-6-7-13-27;/h8,11,14,18-19H,3-7,9-10,12-13,15-17H2,1-2H3,(H2,23,24,25);1H. The van der Waals surface area contributed by atoms with Gasteiger partial charge in [-0.1, -0.05) is 19.3 Å². The third kappa shape index (κ3) is 7.76. The first kappa shape index (κ1) is 25.0. The Hall–Kier alpha value is -1.29. The Morgan fingerprint density at radius 3 is 2.57 bits per heavy atom. The van der Waals surface area contributed by atoms with E-state index in [0.717, 1.165) is 31.4 Å². The molecule has 3 rings (SSSR count). The van der Waals surface area contributed by atoms with Crippen LogP contribution in [0.15, 0.2) is 27.8 Å². The monoisotopic (exact) mass is 531 g/mol. The van der Waals surface area contributed by atoms with Gasteiger partial charge in [0.1, 0.15) is 12.3 Å². The number of likely N-dealkylation sites (N-methyl/N-ethyl adjacent to an activating group) is 1. The van der Waals surface area contributed by atoms with Crippen LogP contribution in [-0.2, 0) is 4.79 Å². The van der Waals surface area contributed by atoms with Gasteiger partial charge in [-0.2, -0.15) is 0 Å². The minimum Gasteiger partial charge on any atom is -0.468 e. The molecular weight excluding hydrogens is 493 g/mol. The molecule has 8 heteroatoms. The Morgan fingerprint density at radius 2 is 1.93 bits per heavy atom. The maximum absolute atomic E-state index is 12.0. The highest BCUT2D eigenvalue weighted by Gasteiger charge is 2.26. The molecule has 1 aliphatic carbocycles. The van der Waals surface area contributed by atoms with Gasteiger partial charge in [-0.05, 0) is 56.8 Å². The van der Waals surface area contributed by atoms with Crippen molar-refractivity contribution in [3.05, 3.63) is 24.2 Å². The third-order valence-corrected chi connectivity index (χ3v) is 6.07. The largest absolute Gasteiger partial charge is 0.468 e. The quantitative estimate of drug-likeness (QED) is 0.306. The number of carbonyl (C=O) groups excluding carboxylic acids is 1. The van der Waals surface area contributed by atoms with E-state index in [2.05, 4.69) is 20.5 Å². The van der Waals surface area contributed by atoms with E-state index in [1.807, 2.05) is 12.1 Å². The maximum Gasteiger partial charge on any atom is 0.243 e. The molecule has 1 amide bonds. The van der Waals surface area contributed by atoms with Crippen LogP contribution in [0.2, 0.25) is 0 Å². The van der Waals surface area contributed by atoms with Crippen LogP contribution in [0.3, 0.4) is 0 Å². The van der Waals surface area contributed by atoms with E-state index >= 15 is 0 Å². The molecule has 1 saturated heterocycles. The molecule has 1 aliphatic heterocycles. The summed E-state index contributed by atoms with van der Waals surface area (Å²) in [7, 11) is 3.53. The van der Waals surface area contributed by atoms with Crippen molar-refractivity contribution in [1.29, 1.82) is 0 Å². The van der Waals surface area contributed by atoms with Crippen LogP contribution in [0.25, 0.3) is 0 Å². The Kier molecular flexibility index (Phi) is 11.0. The van der Waals surface area contributed by atoms with Gasteiger partial charge in [-0.3, -0.25) is 9.69 Å². The smallest absolute Gasteiger partial charge is 0.243 e.